The lowest BCUT2D eigenvalue weighted by atomic mass is 9.85. The van der Waals surface area contributed by atoms with Crippen LogP contribution in [0.1, 0.15) is 36.8 Å². The van der Waals surface area contributed by atoms with Crippen LogP contribution in [-0.2, 0) is 4.79 Å². The fourth-order valence-electron chi connectivity index (χ4n) is 1.97. The van der Waals surface area contributed by atoms with Gasteiger partial charge in [0.25, 0.3) is 0 Å². The predicted octanol–water partition coefficient (Wildman–Crippen LogP) is 2.29. The van der Waals surface area contributed by atoms with E-state index in [0.717, 1.165) is 17.5 Å². The van der Waals surface area contributed by atoms with Gasteiger partial charge in [0.15, 0.2) is 0 Å². The Morgan fingerprint density at radius 1 is 1.44 bits per heavy atom. The van der Waals surface area contributed by atoms with E-state index >= 15 is 0 Å². The molecule has 16 heavy (non-hydrogen) atoms. The summed E-state index contributed by atoms with van der Waals surface area (Å²) in [7, 11) is 0. The van der Waals surface area contributed by atoms with E-state index in [1.165, 1.54) is 0 Å². The van der Waals surface area contributed by atoms with Gasteiger partial charge < -0.3 is 10.8 Å². The standard InChI is InChI=1S/C13H19NO2/c1-3-12(14)11(8-13(15)16)10-7-5-4-6-9(10)2/h4-7,11-12H,3,8,14H2,1-2H3,(H,15,16). The number of carboxylic acids is 1. The number of hydrogen-bond donors (Lipinski definition) is 2. The zero-order chi connectivity index (χ0) is 12.1. The third kappa shape index (κ3) is 3.07. The molecule has 1 aromatic carbocycles. The third-order valence-corrected chi connectivity index (χ3v) is 2.97. The molecule has 0 saturated heterocycles. The molecule has 0 aliphatic carbocycles. The number of benzene rings is 1. The van der Waals surface area contributed by atoms with Crippen molar-refractivity contribution in [1.82, 2.24) is 0 Å². The average Bonchev–Trinajstić information content (AvgIpc) is 2.26. The highest BCUT2D eigenvalue weighted by Gasteiger charge is 2.22. The van der Waals surface area contributed by atoms with Crippen LogP contribution in [0.15, 0.2) is 24.3 Å². The molecule has 3 nitrogen and oxygen atoms in total. The van der Waals surface area contributed by atoms with Crippen LogP contribution in [0.2, 0.25) is 0 Å². The lowest BCUT2D eigenvalue weighted by molar-refractivity contribution is -0.137. The highest BCUT2D eigenvalue weighted by molar-refractivity contribution is 5.68. The van der Waals surface area contributed by atoms with E-state index in [4.69, 9.17) is 10.8 Å². The maximum absolute atomic E-state index is 10.9. The molecule has 2 unspecified atom stereocenters. The summed E-state index contributed by atoms with van der Waals surface area (Å²) < 4.78 is 0. The van der Waals surface area contributed by atoms with E-state index in [1.54, 1.807) is 0 Å². The Kier molecular flexibility index (Phi) is 4.50. The van der Waals surface area contributed by atoms with E-state index < -0.39 is 5.97 Å². The van der Waals surface area contributed by atoms with Crippen molar-refractivity contribution in [2.24, 2.45) is 5.73 Å². The second-order valence-electron chi connectivity index (χ2n) is 4.13. The summed E-state index contributed by atoms with van der Waals surface area (Å²) in [6, 6.07) is 7.75. The van der Waals surface area contributed by atoms with Crippen molar-refractivity contribution in [2.45, 2.75) is 38.6 Å². The van der Waals surface area contributed by atoms with Gasteiger partial charge in [-0.25, -0.2) is 0 Å². The van der Waals surface area contributed by atoms with E-state index in [2.05, 4.69) is 0 Å². The van der Waals surface area contributed by atoms with Gasteiger partial charge in [-0.3, -0.25) is 4.79 Å². The van der Waals surface area contributed by atoms with Gasteiger partial charge >= 0.3 is 5.97 Å². The fraction of sp³-hybridized carbons (Fsp3) is 0.462. The number of rotatable bonds is 5. The first-order chi connectivity index (χ1) is 7.56. The van der Waals surface area contributed by atoms with Crippen molar-refractivity contribution in [3.8, 4) is 0 Å². The zero-order valence-electron chi connectivity index (χ0n) is 9.81. The molecule has 1 rings (SSSR count). The molecule has 88 valence electrons. The van der Waals surface area contributed by atoms with Gasteiger partial charge in [-0.1, -0.05) is 31.2 Å². The summed E-state index contributed by atoms with van der Waals surface area (Å²) in [5.41, 5.74) is 8.17. The first-order valence-electron chi connectivity index (χ1n) is 5.59. The molecular weight excluding hydrogens is 202 g/mol. The van der Waals surface area contributed by atoms with Gasteiger partial charge in [0.05, 0.1) is 6.42 Å². The molecule has 0 heterocycles. The number of aliphatic carboxylic acids is 1. The Morgan fingerprint density at radius 3 is 2.56 bits per heavy atom. The highest BCUT2D eigenvalue weighted by atomic mass is 16.4. The zero-order valence-corrected chi connectivity index (χ0v) is 9.81. The minimum atomic E-state index is -0.794. The Bertz CT molecular complexity index is 363. The summed E-state index contributed by atoms with van der Waals surface area (Å²) in [4.78, 5) is 10.9. The Morgan fingerprint density at radius 2 is 2.06 bits per heavy atom. The van der Waals surface area contributed by atoms with Crippen LogP contribution in [0.3, 0.4) is 0 Å². The quantitative estimate of drug-likeness (QED) is 0.801. The van der Waals surface area contributed by atoms with Crippen LogP contribution in [0.4, 0.5) is 0 Å². The normalized spacial score (nSPS) is 14.4. The van der Waals surface area contributed by atoms with Crippen LogP contribution in [-0.4, -0.2) is 17.1 Å². The number of carboxylic acid groups (broad SMARTS) is 1. The highest BCUT2D eigenvalue weighted by Crippen LogP contribution is 2.26. The first-order valence-corrected chi connectivity index (χ1v) is 5.59. The van der Waals surface area contributed by atoms with E-state index in [9.17, 15) is 4.79 Å². The van der Waals surface area contributed by atoms with Gasteiger partial charge in [-0.05, 0) is 24.5 Å². The topological polar surface area (TPSA) is 63.3 Å². The van der Waals surface area contributed by atoms with Crippen LogP contribution in [0.5, 0.6) is 0 Å². The smallest absolute Gasteiger partial charge is 0.304 e. The summed E-state index contributed by atoms with van der Waals surface area (Å²) in [5, 5.41) is 8.92. The largest absolute Gasteiger partial charge is 0.481 e. The summed E-state index contributed by atoms with van der Waals surface area (Å²) in [6.07, 6.45) is 0.881. The van der Waals surface area contributed by atoms with Crippen molar-refractivity contribution in [3.05, 3.63) is 35.4 Å². The van der Waals surface area contributed by atoms with Crippen LogP contribution < -0.4 is 5.73 Å². The molecule has 0 spiro atoms. The molecule has 1 aromatic rings. The average molecular weight is 221 g/mol. The Balaban J connectivity index is 3.01. The first kappa shape index (κ1) is 12.7. The Labute approximate surface area is 96.3 Å². The van der Waals surface area contributed by atoms with E-state index in [-0.39, 0.29) is 18.4 Å². The fourth-order valence-corrected chi connectivity index (χ4v) is 1.97. The van der Waals surface area contributed by atoms with Gasteiger partial charge in [0.1, 0.15) is 0 Å². The molecule has 0 fully saturated rings. The lowest BCUT2D eigenvalue weighted by Gasteiger charge is -2.23. The van der Waals surface area contributed by atoms with Gasteiger partial charge in [-0.2, -0.15) is 0 Å². The summed E-state index contributed by atoms with van der Waals surface area (Å²) in [5.74, 6) is -0.888. The van der Waals surface area contributed by atoms with E-state index in [1.807, 2.05) is 38.1 Å². The lowest BCUT2D eigenvalue weighted by Crippen LogP contribution is -2.29. The minimum absolute atomic E-state index is 0.0938. The summed E-state index contributed by atoms with van der Waals surface area (Å²) in [6.45, 7) is 3.98. The molecule has 0 aliphatic rings. The number of nitrogens with two attached hydrogens (primary N) is 1. The van der Waals surface area contributed by atoms with Gasteiger partial charge in [0, 0.05) is 12.0 Å². The minimum Gasteiger partial charge on any atom is -0.481 e. The molecule has 0 radical (unpaired) electrons. The predicted molar refractivity (Wildman–Crippen MR) is 64.4 cm³/mol. The van der Waals surface area contributed by atoms with Gasteiger partial charge in [0.2, 0.25) is 0 Å². The molecule has 0 amide bonds. The molecule has 0 aliphatic heterocycles. The Hall–Kier alpha value is -1.35. The number of aryl methyl sites for hydroxylation is 1. The maximum Gasteiger partial charge on any atom is 0.304 e. The number of carbonyl (C=O) groups is 1. The summed E-state index contributed by atoms with van der Waals surface area (Å²) >= 11 is 0. The second kappa shape index (κ2) is 5.66. The van der Waals surface area contributed by atoms with Crippen LogP contribution >= 0.6 is 0 Å². The molecule has 0 saturated carbocycles. The van der Waals surface area contributed by atoms with E-state index in [0.29, 0.717) is 0 Å². The molecule has 0 bridgehead atoms. The molecule has 0 aromatic heterocycles. The second-order valence-corrected chi connectivity index (χ2v) is 4.13. The maximum atomic E-state index is 10.9. The molecule has 3 N–H and O–H groups in total. The monoisotopic (exact) mass is 221 g/mol. The van der Waals surface area contributed by atoms with Crippen molar-refractivity contribution < 1.29 is 9.90 Å². The molecule has 2 atom stereocenters. The molecule has 3 heteroatoms. The van der Waals surface area contributed by atoms with Crippen molar-refractivity contribution in [3.63, 3.8) is 0 Å². The number of hydrogen-bond acceptors (Lipinski definition) is 2. The third-order valence-electron chi connectivity index (χ3n) is 2.97. The SMILES string of the molecule is CCC(N)C(CC(=O)O)c1ccccc1C. The molecular formula is C13H19NO2. The van der Waals surface area contributed by atoms with Crippen molar-refractivity contribution >= 4 is 5.97 Å². The van der Waals surface area contributed by atoms with Crippen molar-refractivity contribution in [2.75, 3.05) is 0 Å². The van der Waals surface area contributed by atoms with Crippen LogP contribution in [0, 0.1) is 6.92 Å². The van der Waals surface area contributed by atoms with Gasteiger partial charge in [-0.15, -0.1) is 0 Å². The van der Waals surface area contributed by atoms with Crippen molar-refractivity contribution in [1.29, 1.82) is 0 Å². The van der Waals surface area contributed by atoms with Crippen LogP contribution in [0.25, 0.3) is 0 Å².